The normalized spacial score (nSPS) is 25.7. The summed E-state index contributed by atoms with van der Waals surface area (Å²) in [4.78, 5) is 15.1. The predicted octanol–water partition coefficient (Wildman–Crippen LogP) is 1.89. The first-order valence-corrected chi connectivity index (χ1v) is 8.07. The van der Waals surface area contributed by atoms with Crippen LogP contribution in [0.25, 0.3) is 0 Å². The molecule has 5 nitrogen and oxygen atoms in total. The van der Waals surface area contributed by atoms with Crippen LogP contribution in [0.1, 0.15) is 32.3 Å². The third-order valence-electron chi connectivity index (χ3n) is 5.19. The van der Waals surface area contributed by atoms with Crippen LogP contribution in [0.4, 0.5) is 0 Å². The maximum atomic E-state index is 13.2. The number of amides is 1. The highest BCUT2D eigenvalue weighted by molar-refractivity contribution is 5.90. The Morgan fingerprint density at radius 3 is 2.64 bits per heavy atom. The second kappa shape index (κ2) is 5.80. The molecule has 22 heavy (non-hydrogen) atoms. The van der Waals surface area contributed by atoms with Gasteiger partial charge in [0.15, 0.2) is 11.5 Å². The van der Waals surface area contributed by atoms with Gasteiger partial charge in [-0.2, -0.15) is 0 Å². The first-order valence-electron chi connectivity index (χ1n) is 8.07. The second-order valence-electron chi connectivity index (χ2n) is 5.99. The molecule has 1 aromatic rings. The van der Waals surface area contributed by atoms with Crippen molar-refractivity contribution in [2.24, 2.45) is 11.7 Å². The highest BCUT2D eigenvalue weighted by Crippen LogP contribution is 2.51. The van der Waals surface area contributed by atoms with Gasteiger partial charge in [-0.15, -0.1) is 0 Å². The fraction of sp³-hybridized carbons (Fsp3) is 0.588. The van der Waals surface area contributed by atoms with E-state index >= 15 is 0 Å². The Labute approximate surface area is 131 Å². The van der Waals surface area contributed by atoms with Gasteiger partial charge in [0.2, 0.25) is 12.7 Å². The number of ether oxygens (including phenoxy) is 2. The van der Waals surface area contributed by atoms with Gasteiger partial charge >= 0.3 is 0 Å². The molecule has 1 aromatic carbocycles. The number of carbonyl (C=O) groups excluding carboxylic acids is 1. The van der Waals surface area contributed by atoms with Crippen LogP contribution in [0.2, 0.25) is 0 Å². The summed E-state index contributed by atoms with van der Waals surface area (Å²) in [7, 11) is 0. The Bertz CT molecular complexity index is 569. The molecule has 2 N–H and O–H groups in total. The van der Waals surface area contributed by atoms with Gasteiger partial charge in [0.25, 0.3) is 0 Å². The van der Waals surface area contributed by atoms with E-state index in [9.17, 15) is 4.79 Å². The average molecular weight is 304 g/mol. The average Bonchev–Trinajstić information content (AvgIpc) is 2.96. The van der Waals surface area contributed by atoms with E-state index in [4.69, 9.17) is 15.2 Å². The van der Waals surface area contributed by atoms with E-state index in [0.29, 0.717) is 6.54 Å². The van der Waals surface area contributed by atoms with Crippen molar-refractivity contribution in [3.05, 3.63) is 23.8 Å². The molecule has 0 saturated heterocycles. The SMILES string of the molecule is CCN(CC)C(=O)[C@@]1(c2ccc3c(c2)OCO3)CC[C@H]1CN. The van der Waals surface area contributed by atoms with Gasteiger partial charge in [-0.05, 0) is 56.8 Å². The van der Waals surface area contributed by atoms with E-state index in [0.717, 1.165) is 43.0 Å². The van der Waals surface area contributed by atoms with E-state index in [1.165, 1.54) is 0 Å². The van der Waals surface area contributed by atoms with Gasteiger partial charge in [0.05, 0.1) is 5.41 Å². The van der Waals surface area contributed by atoms with Gasteiger partial charge in [0.1, 0.15) is 0 Å². The van der Waals surface area contributed by atoms with Gasteiger partial charge in [-0.3, -0.25) is 4.79 Å². The summed E-state index contributed by atoms with van der Waals surface area (Å²) in [6.07, 6.45) is 1.85. The summed E-state index contributed by atoms with van der Waals surface area (Å²) >= 11 is 0. The maximum Gasteiger partial charge on any atom is 0.233 e. The largest absolute Gasteiger partial charge is 0.454 e. The van der Waals surface area contributed by atoms with Crippen molar-refractivity contribution in [2.45, 2.75) is 32.1 Å². The zero-order valence-electron chi connectivity index (χ0n) is 13.3. The molecule has 0 unspecified atom stereocenters. The lowest BCUT2D eigenvalue weighted by Gasteiger charge is -2.50. The van der Waals surface area contributed by atoms with E-state index in [1.807, 2.05) is 36.9 Å². The second-order valence-corrected chi connectivity index (χ2v) is 5.99. The van der Waals surface area contributed by atoms with Crippen LogP contribution in [0.15, 0.2) is 18.2 Å². The quantitative estimate of drug-likeness (QED) is 0.902. The lowest BCUT2D eigenvalue weighted by atomic mass is 9.55. The summed E-state index contributed by atoms with van der Waals surface area (Å²) in [6.45, 7) is 6.26. The Morgan fingerprint density at radius 2 is 2.05 bits per heavy atom. The summed E-state index contributed by atoms with van der Waals surface area (Å²) in [6, 6.07) is 5.86. The molecular formula is C17H24N2O3. The molecular weight excluding hydrogens is 280 g/mol. The molecule has 0 bridgehead atoms. The number of fused-ring (bicyclic) bond motifs is 1. The Balaban J connectivity index is 2.02. The zero-order chi connectivity index (χ0) is 15.7. The Kier molecular flexibility index (Phi) is 4.00. The molecule has 0 radical (unpaired) electrons. The van der Waals surface area contributed by atoms with Crippen molar-refractivity contribution in [1.82, 2.24) is 4.90 Å². The van der Waals surface area contributed by atoms with E-state index in [1.54, 1.807) is 0 Å². The van der Waals surface area contributed by atoms with Crippen molar-refractivity contribution < 1.29 is 14.3 Å². The third kappa shape index (κ3) is 2.07. The van der Waals surface area contributed by atoms with Crippen LogP contribution < -0.4 is 15.2 Å². The first kappa shape index (κ1) is 15.2. The fourth-order valence-electron chi connectivity index (χ4n) is 3.71. The number of likely N-dealkylation sites (N-methyl/N-ethyl adjacent to an activating group) is 1. The predicted molar refractivity (Wildman–Crippen MR) is 83.9 cm³/mol. The highest BCUT2D eigenvalue weighted by Gasteiger charge is 2.54. The lowest BCUT2D eigenvalue weighted by Crippen LogP contribution is -2.58. The van der Waals surface area contributed by atoms with Gasteiger partial charge in [-0.1, -0.05) is 6.07 Å². The lowest BCUT2D eigenvalue weighted by molar-refractivity contribution is -0.144. The minimum Gasteiger partial charge on any atom is -0.454 e. The van der Waals surface area contributed by atoms with Crippen LogP contribution in [0, 0.1) is 5.92 Å². The molecule has 1 saturated carbocycles. The minimum atomic E-state index is -0.498. The molecule has 2 atom stereocenters. The molecule has 5 heteroatoms. The molecule has 0 spiro atoms. The Hall–Kier alpha value is -1.75. The van der Waals surface area contributed by atoms with Crippen molar-refractivity contribution in [1.29, 1.82) is 0 Å². The van der Waals surface area contributed by atoms with Crippen molar-refractivity contribution in [3.63, 3.8) is 0 Å². The van der Waals surface area contributed by atoms with Crippen LogP contribution in [0.5, 0.6) is 11.5 Å². The molecule has 1 aliphatic carbocycles. The summed E-state index contributed by atoms with van der Waals surface area (Å²) in [5.74, 6) is 1.86. The van der Waals surface area contributed by atoms with Crippen molar-refractivity contribution >= 4 is 5.91 Å². The molecule has 0 aromatic heterocycles. The highest BCUT2D eigenvalue weighted by atomic mass is 16.7. The van der Waals surface area contributed by atoms with Crippen LogP contribution >= 0.6 is 0 Å². The number of hydrogen-bond acceptors (Lipinski definition) is 4. The number of carbonyl (C=O) groups is 1. The third-order valence-corrected chi connectivity index (χ3v) is 5.19. The molecule has 2 aliphatic rings. The standard InChI is InChI=1S/C17H24N2O3/c1-3-19(4-2)16(20)17(8-7-13(17)10-18)12-5-6-14-15(9-12)22-11-21-14/h5-6,9,13H,3-4,7-8,10-11,18H2,1-2H3/t13-,17+/m0/s1. The molecule has 1 aliphatic heterocycles. The molecule has 120 valence electrons. The van der Waals surface area contributed by atoms with E-state index in [-0.39, 0.29) is 18.6 Å². The smallest absolute Gasteiger partial charge is 0.233 e. The molecule has 1 fully saturated rings. The monoisotopic (exact) mass is 304 g/mol. The molecule has 3 rings (SSSR count). The van der Waals surface area contributed by atoms with Gasteiger partial charge in [0, 0.05) is 13.1 Å². The fourth-order valence-corrected chi connectivity index (χ4v) is 3.71. The molecule has 1 amide bonds. The maximum absolute atomic E-state index is 13.2. The summed E-state index contributed by atoms with van der Waals surface area (Å²) in [5, 5.41) is 0. The van der Waals surface area contributed by atoms with Crippen LogP contribution in [0.3, 0.4) is 0 Å². The van der Waals surface area contributed by atoms with Gasteiger partial charge < -0.3 is 20.1 Å². The topological polar surface area (TPSA) is 64.8 Å². The summed E-state index contributed by atoms with van der Waals surface area (Å²) < 4.78 is 10.9. The Morgan fingerprint density at radius 1 is 1.32 bits per heavy atom. The number of nitrogens with two attached hydrogens (primary N) is 1. The van der Waals surface area contributed by atoms with Crippen molar-refractivity contribution in [2.75, 3.05) is 26.4 Å². The van der Waals surface area contributed by atoms with E-state index < -0.39 is 5.41 Å². The number of nitrogens with zero attached hydrogens (tertiary/aromatic N) is 1. The van der Waals surface area contributed by atoms with Crippen LogP contribution in [-0.2, 0) is 10.2 Å². The van der Waals surface area contributed by atoms with Gasteiger partial charge in [-0.25, -0.2) is 0 Å². The number of benzene rings is 1. The number of hydrogen-bond donors (Lipinski definition) is 1. The number of rotatable bonds is 5. The molecule has 1 heterocycles. The zero-order valence-corrected chi connectivity index (χ0v) is 13.3. The van der Waals surface area contributed by atoms with Crippen molar-refractivity contribution in [3.8, 4) is 11.5 Å². The first-order chi connectivity index (χ1) is 10.7. The minimum absolute atomic E-state index is 0.193. The van der Waals surface area contributed by atoms with E-state index in [2.05, 4.69) is 0 Å². The summed E-state index contributed by atoms with van der Waals surface area (Å²) in [5.41, 5.74) is 6.47. The van der Waals surface area contributed by atoms with Crippen LogP contribution in [-0.4, -0.2) is 37.2 Å².